The topological polar surface area (TPSA) is 103 Å². The number of anilines is 3. The van der Waals surface area contributed by atoms with E-state index in [4.69, 9.17) is 10.5 Å². The summed E-state index contributed by atoms with van der Waals surface area (Å²) in [4.78, 5) is 24.0. The molecule has 8 heteroatoms. The lowest BCUT2D eigenvalue weighted by Crippen LogP contribution is -2.11. The summed E-state index contributed by atoms with van der Waals surface area (Å²) in [5.41, 5.74) is 8.38. The molecule has 0 fully saturated rings. The van der Waals surface area contributed by atoms with Gasteiger partial charge in [-0.05, 0) is 19.1 Å². The van der Waals surface area contributed by atoms with Gasteiger partial charge in [0.05, 0.1) is 5.69 Å². The maximum Gasteiger partial charge on any atom is 0.361 e. The summed E-state index contributed by atoms with van der Waals surface area (Å²) in [5.74, 6) is -0.579. The fourth-order valence-electron chi connectivity index (χ4n) is 1.90. The quantitative estimate of drug-likeness (QED) is 0.688. The van der Waals surface area contributed by atoms with E-state index in [1.54, 1.807) is 0 Å². The summed E-state index contributed by atoms with van der Waals surface area (Å²) >= 11 is 1.43. The van der Waals surface area contributed by atoms with Crippen molar-refractivity contribution in [3.63, 3.8) is 0 Å². The van der Waals surface area contributed by atoms with Crippen molar-refractivity contribution in [2.24, 2.45) is 0 Å². The number of aromatic nitrogens is 3. The van der Waals surface area contributed by atoms with E-state index in [2.05, 4.69) is 20.3 Å². The fourth-order valence-corrected chi connectivity index (χ4v) is 2.62. The molecule has 0 radical (unpaired) electrons. The van der Waals surface area contributed by atoms with E-state index < -0.39 is 5.97 Å². The molecule has 0 unspecified atom stereocenters. The van der Waals surface area contributed by atoms with Gasteiger partial charge in [-0.1, -0.05) is 17.7 Å². The maximum atomic E-state index is 11.9. The Hall–Kier alpha value is -3.00. The number of esters is 1. The van der Waals surface area contributed by atoms with Crippen LogP contribution in [0.25, 0.3) is 0 Å². The van der Waals surface area contributed by atoms with E-state index in [0.29, 0.717) is 5.69 Å². The molecule has 3 rings (SSSR count). The van der Waals surface area contributed by atoms with E-state index in [-0.39, 0.29) is 18.1 Å². The minimum Gasteiger partial charge on any atom is -0.454 e. The summed E-state index contributed by atoms with van der Waals surface area (Å²) in [6, 6.07) is 7.99. The van der Waals surface area contributed by atoms with Gasteiger partial charge in [0.15, 0.2) is 16.6 Å². The lowest BCUT2D eigenvalue weighted by Gasteiger charge is -2.04. The minimum absolute atomic E-state index is 0.00531. The Labute approximate surface area is 142 Å². The third kappa shape index (κ3) is 3.85. The van der Waals surface area contributed by atoms with Gasteiger partial charge in [0.25, 0.3) is 0 Å². The molecule has 0 aliphatic heterocycles. The third-order valence-corrected chi connectivity index (χ3v) is 3.93. The molecule has 2 heterocycles. The van der Waals surface area contributed by atoms with Crippen molar-refractivity contribution in [2.75, 3.05) is 11.1 Å². The molecule has 24 heavy (non-hydrogen) atoms. The van der Waals surface area contributed by atoms with Gasteiger partial charge in [-0.2, -0.15) is 0 Å². The number of hydrogen-bond donors (Lipinski definition) is 2. The number of nitrogens with zero attached hydrogens (tertiary/aromatic N) is 3. The number of rotatable bonds is 5. The normalized spacial score (nSPS) is 10.4. The van der Waals surface area contributed by atoms with Crippen LogP contribution in [0.5, 0.6) is 0 Å². The average molecular weight is 341 g/mol. The first kappa shape index (κ1) is 15.9. The van der Waals surface area contributed by atoms with Crippen molar-refractivity contribution in [3.05, 3.63) is 59.0 Å². The predicted molar refractivity (Wildman–Crippen MR) is 92.1 cm³/mol. The molecule has 0 amide bonds. The highest BCUT2D eigenvalue weighted by atomic mass is 32.1. The number of carbonyl (C=O) groups excluding carboxylic acids is 1. The smallest absolute Gasteiger partial charge is 0.361 e. The molecule has 3 N–H and O–H groups in total. The number of ether oxygens (including phenoxy) is 1. The van der Waals surface area contributed by atoms with Crippen LogP contribution < -0.4 is 11.1 Å². The molecular formula is C16H15N5O2S. The van der Waals surface area contributed by atoms with Crippen molar-refractivity contribution < 1.29 is 9.53 Å². The van der Waals surface area contributed by atoms with Crippen LogP contribution in [0, 0.1) is 6.92 Å². The summed E-state index contributed by atoms with van der Waals surface area (Å²) in [7, 11) is 0. The van der Waals surface area contributed by atoms with Gasteiger partial charge in [0.2, 0.25) is 0 Å². The van der Waals surface area contributed by atoms with Crippen LogP contribution in [0.4, 0.5) is 16.6 Å². The lowest BCUT2D eigenvalue weighted by molar-refractivity contribution is 0.0462. The molecule has 0 spiro atoms. The number of hydrogen-bond acceptors (Lipinski definition) is 8. The third-order valence-electron chi connectivity index (χ3n) is 3.13. The lowest BCUT2D eigenvalue weighted by atomic mass is 10.2. The van der Waals surface area contributed by atoms with E-state index in [1.807, 2.05) is 36.6 Å². The largest absolute Gasteiger partial charge is 0.454 e. The standard InChI is InChI=1S/C16H15N5O2S/c1-10-2-4-11(5-3-10)20-16-21-12(9-24-16)8-23-15(22)13-14(17)19-7-6-18-13/h2-7,9H,8H2,1H3,(H2,17,19)(H,20,21). The molecule has 122 valence electrons. The molecule has 0 aliphatic carbocycles. The Balaban J connectivity index is 1.59. The van der Waals surface area contributed by atoms with Gasteiger partial charge in [-0.3, -0.25) is 0 Å². The van der Waals surface area contributed by atoms with Gasteiger partial charge in [-0.15, -0.1) is 11.3 Å². The van der Waals surface area contributed by atoms with Gasteiger partial charge in [0.1, 0.15) is 6.61 Å². The molecule has 0 saturated carbocycles. The second-order valence-electron chi connectivity index (χ2n) is 5.00. The minimum atomic E-state index is -0.623. The Morgan fingerprint density at radius 1 is 1.25 bits per heavy atom. The highest BCUT2D eigenvalue weighted by Crippen LogP contribution is 2.21. The number of carbonyl (C=O) groups is 1. The molecule has 7 nitrogen and oxygen atoms in total. The number of nitrogen functional groups attached to an aromatic ring is 1. The number of nitrogens with one attached hydrogen (secondary N) is 1. The van der Waals surface area contributed by atoms with E-state index in [1.165, 1.54) is 29.3 Å². The Morgan fingerprint density at radius 3 is 2.75 bits per heavy atom. The van der Waals surface area contributed by atoms with Crippen LogP contribution in [0.2, 0.25) is 0 Å². The van der Waals surface area contributed by atoms with Gasteiger partial charge in [-0.25, -0.2) is 19.7 Å². The van der Waals surface area contributed by atoms with Gasteiger partial charge in [0, 0.05) is 23.5 Å². The Morgan fingerprint density at radius 2 is 2.00 bits per heavy atom. The number of nitrogens with two attached hydrogens (primary N) is 1. The number of thiazole rings is 1. The van der Waals surface area contributed by atoms with Crippen LogP contribution >= 0.6 is 11.3 Å². The van der Waals surface area contributed by atoms with Crippen LogP contribution in [-0.2, 0) is 11.3 Å². The molecule has 3 aromatic rings. The van der Waals surface area contributed by atoms with Crippen LogP contribution in [-0.4, -0.2) is 20.9 Å². The first-order chi connectivity index (χ1) is 11.6. The zero-order valence-corrected chi connectivity index (χ0v) is 13.7. The number of benzene rings is 1. The van der Waals surface area contributed by atoms with Gasteiger partial charge < -0.3 is 15.8 Å². The zero-order valence-electron chi connectivity index (χ0n) is 12.9. The van der Waals surface area contributed by atoms with E-state index >= 15 is 0 Å². The maximum absolute atomic E-state index is 11.9. The summed E-state index contributed by atoms with van der Waals surface area (Å²) in [5, 5.41) is 5.75. The predicted octanol–water partition coefficient (Wildman–Crippen LogP) is 2.92. The molecule has 0 bridgehead atoms. The molecular weight excluding hydrogens is 326 g/mol. The SMILES string of the molecule is Cc1ccc(Nc2nc(COC(=O)c3nccnc3N)cs2)cc1. The van der Waals surface area contributed by atoms with E-state index in [0.717, 1.165) is 10.8 Å². The first-order valence-corrected chi connectivity index (χ1v) is 8.01. The van der Waals surface area contributed by atoms with Crippen LogP contribution in [0.3, 0.4) is 0 Å². The summed E-state index contributed by atoms with van der Waals surface area (Å²) in [6.45, 7) is 2.07. The molecule has 0 saturated heterocycles. The summed E-state index contributed by atoms with van der Waals surface area (Å²) < 4.78 is 5.17. The molecule has 0 atom stereocenters. The van der Waals surface area contributed by atoms with Crippen molar-refractivity contribution in [2.45, 2.75) is 13.5 Å². The second kappa shape index (κ2) is 7.05. The Kier molecular flexibility index (Phi) is 4.66. The molecule has 0 aliphatic rings. The molecule has 2 aromatic heterocycles. The van der Waals surface area contributed by atoms with Crippen LogP contribution in [0.1, 0.15) is 21.7 Å². The monoisotopic (exact) mass is 341 g/mol. The summed E-state index contributed by atoms with van der Waals surface area (Å²) in [6.07, 6.45) is 2.80. The number of aryl methyl sites for hydroxylation is 1. The van der Waals surface area contributed by atoms with Crippen molar-refractivity contribution >= 4 is 33.9 Å². The second-order valence-corrected chi connectivity index (χ2v) is 5.86. The van der Waals surface area contributed by atoms with Crippen LogP contribution in [0.15, 0.2) is 42.0 Å². The van der Waals surface area contributed by atoms with Gasteiger partial charge >= 0.3 is 5.97 Å². The van der Waals surface area contributed by atoms with E-state index in [9.17, 15) is 4.79 Å². The first-order valence-electron chi connectivity index (χ1n) is 7.13. The van der Waals surface area contributed by atoms with Crippen molar-refractivity contribution in [3.8, 4) is 0 Å². The van der Waals surface area contributed by atoms with Crippen molar-refractivity contribution in [1.82, 2.24) is 15.0 Å². The zero-order chi connectivity index (χ0) is 16.9. The molecule has 1 aromatic carbocycles. The average Bonchev–Trinajstić information content (AvgIpc) is 3.03. The highest BCUT2D eigenvalue weighted by Gasteiger charge is 2.14. The Bertz CT molecular complexity index is 848. The highest BCUT2D eigenvalue weighted by molar-refractivity contribution is 7.13. The fraction of sp³-hybridized carbons (Fsp3) is 0.125. The van der Waals surface area contributed by atoms with Crippen molar-refractivity contribution in [1.29, 1.82) is 0 Å².